The average Bonchev–Trinajstić information content (AvgIpc) is 3.18. The minimum Gasteiger partial charge on any atom is -0.508 e. The number of phenols is 1. The van der Waals surface area contributed by atoms with E-state index in [0.717, 1.165) is 31.8 Å². The summed E-state index contributed by atoms with van der Waals surface area (Å²) in [4.78, 5) is 17.8. The van der Waals surface area contributed by atoms with Gasteiger partial charge in [-0.05, 0) is 42.5 Å². The van der Waals surface area contributed by atoms with Gasteiger partial charge >= 0.3 is 5.63 Å². The molecule has 0 radical (unpaired) electrons. The van der Waals surface area contributed by atoms with E-state index in [2.05, 4.69) is 4.98 Å². The number of H-pyrrole nitrogens is 1. The molecule has 1 aromatic heterocycles. The topological polar surface area (TPSA) is 66.2 Å². The quantitative estimate of drug-likeness (QED) is 0.415. The Kier molecular flexibility index (Phi) is 3.95. The van der Waals surface area contributed by atoms with Crippen LogP contribution in [0.25, 0.3) is 33.4 Å². The van der Waals surface area contributed by atoms with Gasteiger partial charge in [0.25, 0.3) is 0 Å². The molecule has 28 heavy (non-hydrogen) atoms. The Balaban J connectivity index is 1.60. The highest BCUT2D eigenvalue weighted by atomic mass is 32.2. The maximum atomic E-state index is 12.7. The highest BCUT2D eigenvalue weighted by Crippen LogP contribution is 2.38. The molecule has 1 aliphatic heterocycles. The van der Waals surface area contributed by atoms with Gasteiger partial charge in [-0.15, -0.1) is 0 Å². The Morgan fingerprint density at radius 3 is 2.54 bits per heavy atom. The SMILES string of the molecule is O=c1oc2cc(Sc3ccc(O)cc3)cccc-2c1-c1c[nH]c2ccccc12. The van der Waals surface area contributed by atoms with Crippen LogP contribution in [0.5, 0.6) is 5.75 Å². The van der Waals surface area contributed by atoms with E-state index in [-0.39, 0.29) is 11.4 Å². The predicted octanol–water partition coefficient (Wildman–Crippen LogP) is 5.75. The molecule has 2 aliphatic rings. The summed E-state index contributed by atoms with van der Waals surface area (Å²) >= 11 is 1.54. The van der Waals surface area contributed by atoms with Gasteiger partial charge in [-0.25, -0.2) is 4.79 Å². The lowest BCUT2D eigenvalue weighted by atomic mass is 10.0. The van der Waals surface area contributed by atoms with Gasteiger partial charge in [0, 0.05) is 38.0 Å². The number of aromatic hydroxyl groups is 1. The van der Waals surface area contributed by atoms with Crippen molar-refractivity contribution in [2.75, 3.05) is 0 Å². The largest absolute Gasteiger partial charge is 0.508 e. The summed E-state index contributed by atoms with van der Waals surface area (Å²) in [6, 6.07) is 22.6. The Morgan fingerprint density at radius 2 is 1.68 bits per heavy atom. The normalized spacial score (nSPS) is 11.3. The number of rotatable bonds is 3. The van der Waals surface area contributed by atoms with Crippen molar-refractivity contribution in [3.63, 3.8) is 0 Å². The minimum absolute atomic E-state index is 0.232. The minimum atomic E-state index is -0.341. The fourth-order valence-electron chi connectivity index (χ4n) is 3.38. The molecular weight excluding hydrogens is 370 g/mol. The Labute approximate surface area is 164 Å². The Bertz CT molecular complexity index is 1320. The van der Waals surface area contributed by atoms with Gasteiger partial charge in [-0.1, -0.05) is 42.1 Å². The zero-order chi connectivity index (χ0) is 19.1. The molecule has 2 heterocycles. The molecule has 0 saturated heterocycles. The summed E-state index contributed by atoms with van der Waals surface area (Å²) < 4.78 is 5.61. The first-order valence-electron chi connectivity index (χ1n) is 8.79. The van der Waals surface area contributed by atoms with Crippen LogP contribution in [-0.4, -0.2) is 10.1 Å². The van der Waals surface area contributed by atoms with Crippen LogP contribution >= 0.6 is 11.8 Å². The van der Waals surface area contributed by atoms with Crippen LogP contribution in [0.1, 0.15) is 0 Å². The van der Waals surface area contributed by atoms with Gasteiger partial charge in [0.05, 0.1) is 5.56 Å². The fourth-order valence-corrected chi connectivity index (χ4v) is 4.23. The fraction of sp³-hybridized carbons (Fsp3) is 0. The van der Waals surface area contributed by atoms with Gasteiger partial charge in [0.15, 0.2) is 0 Å². The molecule has 136 valence electrons. The van der Waals surface area contributed by atoms with Gasteiger partial charge in [-0.3, -0.25) is 0 Å². The molecule has 4 nitrogen and oxygen atoms in total. The van der Waals surface area contributed by atoms with E-state index in [4.69, 9.17) is 4.42 Å². The van der Waals surface area contributed by atoms with Crippen LogP contribution in [0.2, 0.25) is 0 Å². The van der Waals surface area contributed by atoms with Crippen molar-refractivity contribution in [1.29, 1.82) is 0 Å². The molecule has 0 fully saturated rings. The molecule has 5 rings (SSSR count). The lowest BCUT2D eigenvalue weighted by molar-refractivity contribution is 0.475. The molecule has 0 bridgehead atoms. The van der Waals surface area contributed by atoms with Gasteiger partial charge in [0.1, 0.15) is 11.5 Å². The van der Waals surface area contributed by atoms with E-state index in [0.29, 0.717) is 11.3 Å². The van der Waals surface area contributed by atoms with Crippen molar-refractivity contribution < 1.29 is 9.52 Å². The van der Waals surface area contributed by atoms with Crippen LogP contribution in [0.3, 0.4) is 0 Å². The molecule has 0 unspecified atom stereocenters. The number of nitrogens with one attached hydrogen (secondary N) is 1. The van der Waals surface area contributed by atoms with E-state index in [9.17, 15) is 9.90 Å². The first kappa shape index (κ1) is 16.7. The number of phenolic OH excluding ortho intramolecular Hbond substituents is 1. The standard InChI is InChI=1S/C23H15NO3S/c25-14-8-10-15(11-9-14)28-16-4-3-6-18-21(12-16)27-23(26)22(18)19-13-24-20-7-2-1-5-17(19)20/h1-13,24-25H. The Hall–Kier alpha value is -3.44. The highest BCUT2D eigenvalue weighted by Gasteiger charge is 2.21. The van der Waals surface area contributed by atoms with E-state index in [1.807, 2.05) is 66.9 Å². The van der Waals surface area contributed by atoms with E-state index in [1.165, 1.54) is 0 Å². The number of furan rings is 1. The third kappa shape index (κ3) is 2.86. The van der Waals surface area contributed by atoms with E-state index < -0.39 is 0 Å². The molecule has 0 spiro atoms. The van der Waals surface area contributed by atoms with E-state index >= 15 is 0 Å². The van der Waals surface area contributed by atoms with Gasteiger partial charge in [-0.2, -0.15) is 0 Å². The number of para-hydroxylation sites is 1. The molecule has 1 aliphatic carbocycles. The van der Waals surface area contributed by atoms with E-state index in [1.54, 1.807) is 23.9 Å². The monoisotopic (exact) mass is 385 g/mol. The third-order valence-corrected chi connectivity index (χ3v) is 5.67. The average molecular weight is 385 g/mol. The van der Waals surface area contributed by atoms with Crippen LogP contribution in [0, 0.1) is 0 Å². The summed E-state index contributed by atoms with van der Waals surface area (Å²) in [6.45, 7) is 0. The lowest BCUT2D eigenvalue weighted by Gasteiger charge is -2.00. The summed E-state index contributed by atoms with van der Waals surface area (Å²) in [7, 11) is 0. The smallest absolute Gasteiger partial charge is 0.344 e. The number of hydrogen-bond acceptors (Lipinski definition) is 4. The van der Waals surface area contributed by atoms with Crippen molar-refractivity contribution in [2.45, 2.75) is 9.79 Å². The lowest BCUT2D eigenvalue weighted by Crippen LogP contribution is -1.95. The zero-order valence-electron chi connectivity index (χ0n) is 14.7. The van der Waals surface area contributed by atoms with Crippen LogP contribution in [0.4, 0.5) is 0 Å². The highest BCUT2D eigenvalue weighted by molar-refractivity contribution is 7.99. The number of aromatic amines is 1. The number of fused-ring (bicyclic) bond motifs is 2. The van der Waals surface area contributed by atoms with Crippen LogP contribution < -0.4 is 5.63 Å². The second-order valence-corrected chi connectivity index (χ2v) is 7.61. The Morgan fingerprint density at radius 1 is 0.857 bits per heavy atom. The molecule has 0 amide bonds. The molecule has 0 atom stereocenters. The van der Waals surface area contributed by atoms with Gasteiger partial charge in [0.2, 0.25) is 0 Å². The molecular formula is C23H15NO3S. The van der Waals surface area contributed by atoms with Crippen molar-refractivity contribution in [1.82, 2.24) is 4.98 Å². The maximum Gasteiger partial charge on any atom is 0.344 e. The van der Waals surface area contributed by atoms with Crippen molar-refractivity contribution in [3.05, 3.63) is 89.4 Å². The molecule has 3 aromatic rings. The third-order valence-electron chi connectivity index (χ3n) is 4.67. The molecule has 0 saturated carbocycles. The maximum absolute atomic E-state index is 12.7. The second kappa shape index (κ2) is 6.62. The molecule has 5 heteroatoms. The van der Waals surface area contributed by atoms with Crippen molar-refractivity contribution >= 4 is 22.7 Å². The van der Waals surface area contributed by atoms with Crippen molar-refractivity contribution in [2.24, 2.45) is 0 Å². The summed E-state index contributed by atoms with van der Waals surface area (Å²) in [5.41, 5.74) is 2.84. The van der Waals surface area contributed by atoms with Crippen LogP contribution in [0.15, 0.2) is 98.0 Å². The molecule has 2 aromatic carbocycles. The second-order valence-electron chi connectivity index (χ2n) is 6.46. The van der Waals surface area contributed by atoms with Crippen molar-refractivity contribution in [3.8, 4) is 28.2 Å². The van der Waals surface area contributed by atoms with Crippen LogP contribution in [-0.2, 0) is 0 Å². The number of benzene rings is 2. The predicted molar refractivity (Wildman–Crippen MR) is 111 cm³/mol. The molecule has 2 N–H and O–H groups in total. The number of aromatic nitrogens is 1. The summed E-state index contributed by atoms with van der Waals surface area (Å²) in [5, 5.41) is 10.4. The first-order valence-corrected chi connectivity index (χ1v) is 9.61. The summed E-state index contributed by atoms with van der Waals surface area (Å²) in [6.07, 6.45) is 1.86. The number of hydrogen-bond donors (Lipinski definition) is 2. The first-order chi connectivity index (χ1) is 13.7. The zero-order valence-corrected chi connectivity index (χ0v) is 15.5. The summed E-state index contributed by atoms with van der Waals surface area (Å²) in [5.74, 6) is 0.785. The van der Waals surface area contributed by atoms with Gasteiger partial charge < -0.3 is 14.5 Å².